The molecule has 0 bridgehead atoms. The van der Waals surface area contributed by atoms with Gasteiger partial charge in [-0.2, -0.15) is 0 Å². The predicted octanol–water partition coefficient (Wildman–Crippen LogP) is 3.34. The van der Waals surface area contributed by atoms with Gasteiger partial charge in [-0.1, -0.05) is 29.8 Å². The lowest BCUT2D eigenvalue weighted by Gasteiger charge is -2.29. The zero-order valence-electron chi connectivity index (χ0n) is 15.5. The third-order valence-electron chi connectivity index (χ3n) is 4.71. The number of carbonyl (C=O) groups is 1. The fraction of sp³-hybridized carbons (Fsp3) is 0.286. The molecule has 3 aromatic rings. The summed E-state index contributed by atoms with van der Waals surface area (Å²) in [6, 6.07) is 13.6. The molecular weight excluding hydrogens is 340 g/mol. The Morgan fingerprint density at radius 2 is 1.74 bits per heavy atom. The number of aromatic nitrogens is 2. The van der Waals surface area contributed by atoms with Gasteiger partial charge in [0.25, 0.3) is 5.91 Å². The van der Waals surface area contributed by atoms with E-state index in [-0.39, 0.29) is 5.91 Å². The van der Waals surface area contributed by atoms with Gasteiger partial charge < -0.3 is 15.0 Å². The largest absolute Gasteiger partial charge is 0.378 e. The zero-order valence-corrected chi connectivity index (χ0v) is 15.5. The molecule has 1 fully saturated rings. The van der Waals surface area contributed by atoms with Crippen molar-refractivity contribution in [2.24, 2.45) is 0 Å². The summed E-state index contributed by atoms with van der Waals surface area (Å²) in [5.74, 6) is 0.362. The van der Waals surface area contributed by atoms with E-state index >= 15 is 0 Å². The van der Waals surface area contributed by atoms with E-state index in [0.717, 1.165) is 22.3 Å². The Labute approximate surface area is 158 Å². The van der Waals surface area contributed by atoms with Crippen molar-refractivity contribution in [2.75, 3.05) is 36.5 Å². The van der Waals surface area contributed by atoms with Crippen molar-refractivity contribution in [3.63, 3.8) is 0 Å². The Balaban J connectivity index is 1.74. The second-order valence-electron chi connectivity index (χ2n) is 6.76. The summed E-state index contributed by atoms with van der Waals surface area (Å²) < 4.78 is 5.44. The first-order valence-corrected chi connectivity index (χ1v) is 9.10. The molecule has 1 amide bonds. The molecule has 0 aliphatic carbocycles. The Hall–Kier alpha value is -2.99. The minimum atomic E-state index is -0.248. The number of ether oxygens (including phenoxy) is 1. The van der Waals surface area contributed by atoms with Crippen molar-refractivity contribution >= 4 is 28.4 Å². The number of morpholine rings is 1. The first-order valence-electron chi connectivity index (χ1n) is 9.10. The van der Waals surface area contributed by atoms with Crippen LogP contribution in [0.15, 0.2) is 42.5 Å². The highest BCUT2D eigenvalue weighted by molar-refractivity contribution is 6.07. The van der Waals surface area contributed by atoms with Crippen LogP contribution >= 0.6 is 0 Å². The summed E-state index contributed by atoms with van der Waals surface area (Å²) in [4.78, 5) is 24.5. The topological polar surface area (TPSA) is 67.4 Å². The molecule has 0 radical (unpaired) electrons. The van der Waals surface area contributed by atoms with Crippen LogP contribution in [-0.4, -0.2) is 42.2 Å². The highest BCUT2D eigenvalue weighted by Gasteiger charge is 2.23. The zero-order chi connectivity index (χ0) is 18.8. The third kappa shape index (κ3) is 3.61. The summed E-state index contributed by atoms with van der Waals surface area (Å²) in [5.41, 5.74) is 4.79. The Bertz CT molecular complexity index is 997. The van der Waals surface area contributed by atoms with Gasteiger partial charge in [-0.15, -0.1) is 0 Å². The van der Waals surface area contributed by atoms with Crippen LogP contribution in [0.2, 0.25) is 0 Å². The maximum absolute atomic E-state index is 13.1. The molecule has 0 atom stereocenters. The summed E-state index contributed by atoms with van der Waals surface area (Å²) >= 11 is 0. The molecule has 2 aromatic carbocycles. The molecule has 6 heteroatoms. The molecule has 2 heterocycles. The fourth-order valence-corrected chi connectivity index (χ4v) is 3.27. The number of amides is 1. The van der Waals surface area contributed by atoms with Crippen LogP contribution in [0.3, 0.4) is 0 Å². The number of rotatable bonds is 3. The van der Waals surface area contributed by atoms with E-state index < -0.39 is 0 Å². The van der Waals surface area contributed by atoms with Crippen LogP contribution < -0.4 is 10.2 Å². The second-order valence-corrected chi connectivity index (χ2v) is 6.76. The van der Waals surface area contributed by atoms with Gasteiger partial charge >= 0.3 is 0 Å². The number of benzene rings is 2. The van der Waals surface area contributed by atoms with Crippen LogP contribution in [-0.2, 0) is 4.74 Å². The van der Waals surface area contributed by atoms with E-state index in [1.54, 1.807) is 0 Å². The lowest BCUT2D eigenvalue weighted by Crippen LogP contribution is -2.38. The summed E-state index contributed by atoms with van der Waals surface area (Å²) in [5, 5.41) is 3.00. The molecule has 138 valence electrons. The van der Waals surface area contributed by atoms with Crippen LogP contribution in [0.4, 0.5) is 11.5 Å². The van der Waals surface area contributed by atoms with Gasteiger partial charge in [-0.3, -0.25) is 4.79 Å². The lowest BCUT2D eigenvalue weighted by molar-refractivity contribution is 0.102. The monoisotopic (exact) mass is 362 g/mol. The van der Waals surface area contributed by atoms with Crippen LogP contribution in [0, 0.1) is 13.8 Å². The van der Waals surface area contributed by atoms with E-state index in [1.807, 2.05) is 56.3 Å². The molecule has 1 aromatic heterocycles. The Morgan fingerprint density at radius 1 is 1.04 bits per heavy atom. The van der Waals surface area contributed by atoms with Gasteiger partial charge in [-0.25, -0.2) is 9.97 Å². The molecule has 0 saturated carbocycles. The number of aryl methyl sites for hydroxylation is 2. The van der Waals surface area contributed by atoms with E-state index in [4.69, 9.17) is 9.72 Å². The smallest absolute Gasteiger partial charge is 0.278 e. The number of anilines is 2. The number of para-hydroxylation sites is 2. The molecule has 0 unspecified atom stereocenters. The van der Waals surface area contributed by atoms with Crippen LogP contribution in [0.1, 0.15) is 21.6 Å². The SMILES string of the molecule is Cc1ccc(NC(=O)c2nc3ccccc3nc2N2CCOCC2)c(C)c1. The van der Waals surface area contributed by atoms with Crippen molar-refractivity contribution in [3.8, 4) is 0 Å². The highest BCUT2D eigenvalue weighted by Crippen LogP contribution is 2.24. The molecular formula is C21H22N4O2. The number of fused-ring (bicyclic) bond motifs is 1. The van der Waals surface area contributed by atoms with Crippen molar-refractivity contribution in [1.82, 2.24) is 9.97 Å². The van der Waals surface area contributed by atoms with E-state index in [0.29, 0.717) is 43.3 Å². The fourth-order valence-electron chi connectivity index (χ4n) is 3.27. The predicted molar refractivity (Wildman–Crippen MR) is 106 cm³/mol. The number of nitrogens with zero attached hydrogens (tertiary/aromatic N) is 3. The Kier molecular flexibility index (Phi) is 4.73. The lowest BCUT2D eigenvalue weighted by atomic mass is 10.1. The maximum atomic E-state index is 13.1. The van der Waals surface area contributed by atoms with Gasteiger partial charge in [0, 0.05) is 18.8 Å². The minimum Gasteiger partial charge on any atom is -0.378 e. The van der Waals surface area contributed by atoms with Crippen molar-refractivity contribution in [2.45, 2.75) is 13.8 Å². The van der Waals surface area contributed by atoms with Gasteiger partial charge in [0.2, 0.25) is 0 Å². The normalized spacial score (nSPS) is 14.4. The molecule has 4 rings (SSSR count). The van der Waals surface area contributed by atoms with Crippen LogP contribution in [0.5, 0.6) is 0 Å². The quantitative estimate of drug-likeness (QED) is 0.774. The van der Waals surface area contributed by atoms with Gasteiger partial charge in [-0.05, 0) is 37.6 Å². The molecule has 1 N–H and O–H groups in total. The molecule has 1 saturated heterocycles. The molecule has 0 spiro atoms. The number of hydrogen-bond acceptors (Lipinski definition) is 5. The summed E-state index contributed by atoms with van der Waals surface area (Å²) in [7, 11) is 0. The van der Waals surface area contributed by atoms with E-state index in [9.17, 15) is 4.79 Å². The van der Waals surface area contributed by atoms with E-state index in [1.165, 1.54) is 0 Å². The average Bonchev–Trinajstić information content (AvgIpc) is 2.69. The average molecular weight is 362 g/mol. The molecule has 6 nitrogen and oxygen atoms in total. The summed E-state index contributed by atoms with van der Waals surface area (Å²) in [6.07, 6.45) is 0. The van der Waals surface area contributed by atoms with Crippen molar-refractivity contribution in [3.05, 3.63) is 59.3 Å². The molecule has 1 aliphatic heterocycles. The first kappa shape index (κ1) is 17.4. The van der Waals surface area contributed by atoms with Crippen molar-refractivity contribution < 1.29 is 9.53 Å². The minimum absolute atomic E-state index is 0.248. The highest BCUT2D eigenvalue weighted by atomic mass is 16.5. The van der Waals surface area contributed by atoms with Crippen molar-refractivity contribution in [1.29, 1.82) is 0 Å². The van der Waals surface area contributed by atoms with Gasteiger partial charge in [0.05, 0.1) is 24.2 Å². The summed E-state index contributed by atoms with van der Waals surface area (Å²) in [6.45, 7) is 6.63. The third-order valence-corrected chi connectivity index (χ3v) is 4.71. The van der Waals surface area contributed by atoms with Crippen LogP contribution in [0.25, 0.3) is 11.0 Å². The number of nitrogens with one attached hydrogen (secondary N) is 1. The number of carbonyl (C=O) groups excluding carboxylic acids is 1. The first-order chi connectivity index (χ1) is 13.1. The Morgan fingerprint density at radius 3 is 2.44 bits per heavy atom. The van der Waals surface area contributed by atoms with E-state index in [2.05, 4.69) is 15.2 Å². The maximum Gasteiger partial charge on any atom is 0.278 e. The molecule has 1 aliphatic rings. The number of hydrogen-bond donors (Lipinski definition) is 1. The van der Waals surface area contributed by atoms with Gasteiger partial charge in [0.1, 0.15) is 0 Å². The van der Waals surface area contributed by atoms with Gasteiger partial charge in [0.15, 0.2) is 11.5 Å². The molecule has 27 heavy (non-hydrogen) atoms. The standard InChI is InChI=1S/C21H22N4O2/c1-14-7-8-16(15(2)13-14)24-21(26)19-20(25-9-11-27-12-10-25)23-18-6-4-3-5-17(18)22-19/h3-8,13H,9-12H2,1-2H3,(H,24,26). The second kappa shape index (κ2) is 7.32.